The Morgan fingerprint density at radius 3 is 2.36 bits per heavy atom. The fraction of sp³-hybridized carbons (Fsp3) is 0. The Kier molecular flexibility index (Phi) is 4.47. The molecule has 8 heteroatoms. The van der Waals surface area contributed by atoms with E-state index in [4.69, 9.17) is 17.3 Å². The van der Waals surface area contributed by atoms with Gasteiger partial charge in [0.25, 0.3) is 5.91 Å². The first-order valence-electron chi connectivity index (χ1n) is 7.00. The molecule has 1 aliphatic heterocycles. The molecule has 1 aliphatic rings. The van der Waals surface area contributed by atoms with Crippen LogP contribution in [0.2, 0.25) is 0 Å². The molecule has 0 aromatic heterocycles. The van der Waals surface area contributed by atoms with E-state index in [1.165, 1.54) is 41.3 Å². The van der Waals surface area contributed by atoms with Gasteiger partial charge in [-0.15, -0.1) is 0 Å². The van der Waals surface area contributed by atoms with Crippen LogP contribution in [0.3, 0.4) is 0 Å². The minimum Gasteiger partial charge on any atom is -0.504 e. The molecule has 3 rings (SSSR count). The summed E-state index contributed by atoms with van der Waals surface area (Å²) in [6.45, 7) is 0. The summed E-state index contributed by atoms with van der Waals surface area (Å²) in [6, 6.07) is 10.1. The van der Waals surface area contributed by atoms with Crippen molar-refractivity contribution in [2.24, 2.45) is 0 Å². The summed E-state index contributed by atoms with van der Waals surface area (Å²) >= 11 is 6.35. The lowest BCUT2D eigenvalue weighted by Crippen LogP contribution is -2.27. The molecule has 0 atom stereocenters. The van der Waals surface area contributed by atoms with E-state index in [1.54, 1.807) is 12.1 Å². The number of benzene rings is 2. The first kappa shape index (κ1) is 17.0. The highest BCUT2D eigenvalue weighted by Crippen LogP contribution is 2.36. The summed E-state index contributed by atoms with van der Waals surface area (Å²) < 4.78 is 0.322. The highest BCUT2D eigenvalue weighted by molar-refractivity contribution is 8.27. The number of nitrogens with zero attached hydrogens (tertiary/aromatic N) is 1. The van der Waals surface area contributed by atoms with Crippen molar-refractivity contribution in [3.63, 3.8) is 0 Å². The Morgan fingerprint density at radius 2 is 1.76 bits per heavy atom. The van der Waals surface area contributed by atoms with E-state index >= 15 is 0 Å². The number of carboxylic acids is 1. The van der Waals surface area contributed by atoms with Gasteiger partial charge in [-0.25, -0.2) is 4.79 Å². The fourth-order valence-electron chi connectivity index (χ4n) is 2.23. The molecule has 1 amide bonds. The number of thioether (sulfide) groups is 1. The van der Waals surface area contributed by atoms with Gasteiger partial charge in [-0.2, -0.15) is 0 Å². The van der Waals surface area contributed by atoms with Crippen LogP contribution in [-0.2, 0) is 4.79 Å². The number of rotatable bonds is 3. The Labute approximate surface area is 152 Å². The highest BCUT2D eigenvalue weighted by Gasteiger charge is 2.33. The van der Waals surface area contributed by atoms with E-state index in [9.17, 15) is 19.8 Å². The van der Waals surface area contributed by atoms with Crippen LogP contribution < -0.4 is 4.90 Å². The van der Waals surface area contributed by atoms with Gasteiger partial charge >= 0.3 is 5.97 Å². The lowest BCUT2D eigenvalue weighted by Gasteiger charge is -2.14. The maximum atomic E-state index is 12.6. The van der Waals surface area contributed by atoms with Gasteiger partial charge in [-0.3, -0.25) is 9.69 Å². The van der Waals surface area contributed by atoms with Crippen molar-refractivity contribution in [3.05, 3.63) is 58.5 Å². The number of amides is 1. The van der Waals surface area contributed by atoms with Gasteiger partial charge in [-0.1, -0.05) is 30.0 Å². The molecule has 0 saturated carbocycles. The molecule has 1 saturated heterocycles. The van der Waals surface area contributed by atoms with E-state index in [2.05, 4.69) is 0 Å². The number of phenolic OH excluding ortho intramolecular Hbond substituents is 2. The van der Waals surface area contributed by atoms with Crippen LogP contribution in [0.15, 0.2) is 47.4 Å². The van der Waals surface area contributed by atoms with Gasteiger partial charge in [0.2, 0.25) is 0 Å². The van der Waals surface area contributed by atoms with E-state index in [-0.39, 0.29) is 23.0 Å². The summed E-state index contributed by atoms with van der Waals surface area (Å²) in [5.74, 6) is -1.92. The SMILES string of the molecule is O=C(O)c1ccc(N2C(=O)/C(=C\c3ccc(O)c(O)c3)SC2=S)cc1. The van der Waals surface area contributed by atoms with Crippen molar-refractivity contribution in [1.29, 1.82) is 0 Å². The van der Waals surface area contributed by atoms with Crippen LogP contribution in [-0.4, -0.2) is 31.5 Å². The zero-order valence-electron chi connectivity index (χ0n) is 12.5. The predicted octanol–water partition coefficient (Wildman–Crippen LogP) is 3.20. The second kappa shape index (κ2) is 6.58. The van der Waals surface area contributed by atoms with Crippen LogP contribution in [0.1, 0.15) is 15.9 Å². The molecule has 0 bridgehead atoms. The molecule has 0 unspecified atom stereocenters. The standard InChI is InChI=1S/C17H11NO5S2/c19-12-6-1-9(7-13(12)20)8-14-15(21)18(17(24)25-14)11-4-2-10(3-5-11)16(22)23/h1-8,19-20H,(H,22,23)/b14-8+. The molecule has 3 N–H and O–H groups in total. The first-order valence-corrected chi connectivity index (χ1v) is 8.22. The summed E-state index contributed by atoms with van der Waals surface area (Å²) in [6.07, 6.45) is 1.56. The average Bonchev–Trinajstić information content (AvgIpc) is 2.85. The second-order valence-corrected chi connectivity index (χ2v) is 6.79. The molecule has 0 radical (unpaired) electrons. The quantitative estimate of drug-likeness (QED) is 0.432. The zero-order valence-corrected chi connectivity index (χ0v) is 14.2. The minimum atomic E-state index is -1.05. The van der Waals surface area contributed by atoms with Crippen molar-refractivity contribution in [2.75, 3.05) is 4.90 Å². The number of carbonyl (C=O) groups excluding carboxylic acids is 1. The largest absolute Gasteiger partial charge is 0.504 e. The Morgan fingerprint density at radius 1 is 1.08 bits per heavy atom. The maximum Gasteiger partial charge on any atom is 0.335 e. The third-order valence-corrected chi connectivity index (χ3v) is 4.77. The number of phenols is 2. The van der Waals surface area contributed by atoms with Gasteiger partial charge in [-0.05, 0) is 48.0 Å². The molecule has 1 fully saturated rings. The van der Waals surface area contributed by atoms with Gasteiger partial charge in [0.15, 0.2) is 15.8 Å². The zero-order chi connectivity index (χ0) is 18.1. The number of hydrogen-bond donors (Lipinski definition) is 3. The third-order valence-electron chi connectivity index (χ3n) is 3.46. The molecular formula is C17H11NO5S2. The Hall–Kier alpha value is -2.84. The molecule has 6 nitrogen and oxygen atoms in total. The predicted molar refractivity (Wildman–Crippen MR) is 98.8 cm³/mol. The summed E-state index contributed by atoms with van der Waals surface area (Å²) in [5, 5.41) is 27.8. The number of anilines is 1. The highest BCUT2D eigenvalue weighted by atomic mass is 32.2. The molecule has 25 heavy (non-hydrogen) atoms. The lowest BCUT2D eigenvalue weighted by atomic mass is 10.1. The van der Waals surface area contributed by atoms with Crippen molar-refractivity contribution < 1.29 is 24.9 Å². The van der Waals surface area contributed by atoms with Gasteiger partial charge in [0, 0.05) is 0 Å². The van der Waals surface area contributed by atoms with Gasteiger partial charge in [0.1, 0.15) is 0 Å². The van der Waals surface area contributed by atoms with Crippen LogP contribution in [0.4, 0.5) is 5.69 Å². The third kappa shape index (κ3) is 3.35. The Bertz CT molecular complexity index is 921. The van der Waals surface area contributed by atoms with Crippen LogP contribution in [0.5, 0.6) is 11.5 Å². The molecule has 0 spiro atoms. The van der Waals surface area contributed by atoms with E-state index in [0.717, 1.165) is 11.8 Å². The molecule has 1 heterocycles. The summed E-state index contributed by atoms with van der Waals surface area (Å²) in [5.41, 5.74) is 1.13. The van der Waals surface area contributed by atoms with Gasteiger partial charge in [0.05, 0.1) is 16.2 Å². The molecule has 126 valence electrons. The van der Waals surface area contributed by atoms with Crippen molar-refractivity contribution in [2.45, 2.75) is 0 Å². The maximum absolute atomic E-state index is 12.6. The Balaban J connectivity index is 1.90. The number of aromatic carboxylic acids is 1. The van der Waals surface area contributed by atoms with Crippen LogP contribution in [0, 0.1) is 0 Å². The number of hydrogen-bond acceptors (Lipinski definition) is 6. The second-order valence-electron chi connectivity index (χ2n) is 5.12. The first-order chi connectivity index (χ1) is 11.9. The average molecular weight is 373 g/mol. The lowest BCUT2D eigenvalue weighted by molar-refractivity contribution is -0.113. The van der Waals surface area contributed by atoms with Crippen LogP contribution >= 0.6 is 24.0 Å². The molecular weight excluding hydrogens is 362 g/mol. The van der Waals surface area contributed by atoms with Crippen molar-refractivity contribution in [1.82, 2.24) is 0 Å². The van der Waals surface area contributed by atoms with Crippen molar-refractivity contribution in [3.8, 4) is 11.5 Å². The van der Waals surface area contributed by atoms with Crippen LogP contribution in [0.25, 0.3) is 6.08 Å². The van der Waals surface area contributed by atoms with E-state index in [1.807, 2.05) is 0 Å². The number of carbonyl (C=O) groups is 2. The topological polar surface area (TPSA) is 98.1 Å². The van der Waals surface area contributed by atoms with Gasteiger partial charge < -0.3 is 15.3 Å². The van der Waals surface area contributed by atoms with Crippen molar-refractivity contribution >= 4 is 51.9 Å². The minimum absolute atomic E-state index is 0.115. The molecule has 2 aromatic carbocycles. The number of aromatic hydroxyl groups is 2. The molecule has 2 aromatic rings. The molecule has 0 aliphatic carbocycles. The summed E-state index contributed by atoms with van der Waals surface area (Å²) in [4.78, 5) is 25.2. The van der Waals surface area contributed by atoms with E-state index in [0.29, 0.717) is 20.5 Å². The smallest absolute Gasteiger partial charge is 0.335 e. The normalized spacial score (nSPS) is 15.8. The number of carboxylic acid groups (broad SMARTS) is 1. The monoisotopic (exact) mass is 373 g/mol. The summed E-state index contributed by atoms with van der Waals surface area (Å²) in [7, 11) is 0. The number of thiocarbonyl (C=S) groups is 1. The van der Waals surface area contributed by atoms with E-state index < -0.39 is 5.97 Å². The fourth-order valence-corrected chi connectivity index (χ4v) is 3.52.